The lowest BCUT2D eigenvalue weighted by Gasteiger charge is -2.22. The van der Waals surface area contributed by atoms with Crippen molar-refractivity contribution < 1.29 is 29.6 Å². The van der Waals surface area contributed by atoms with Gasteiger partial charge >= 0.3 is 6.09 Å². The molecule has 0 spiro atoms. The predicted octanol–water partition coefficient (Wildman–Crippen LogP) is 3.63. The van der Waals surface area contributed by atoms with E-state index in [1.54, 1.807) is 6.07 Å². The molecule has 8 heteroatoms. The Labute approximate surface area is 195 Å². The molecule has 33 heavy (non-hydrogen) atoms. The summed E-state index contributed by atoms with van der Waals surface area (Å²) in [4.78, 5) is 23.7. The van der Waals surface area contributed by atoms with E-state index in [9.17, 15) is 24.9 Å². The van der Waals surface area contributed by atoms with Gasteiger partial charge in [-0.1, -0.05) is 19.9 Å². The number of fused-ring (bicyclic) bond motifs is 2. The average Bonchev–Trinajstić information content (AvgIpc) is 2.69. The zero-order chi connectivity index (χ0) is 24.5. The Morgan fingerprint density at radius 3 is 2.52 bits per heavy atom. The van der Waals surface area contributed by atoms with Crippen LogP contribution in [0.5, 0.6) is 5.75 Å². The Kier molecular flexibility index (Phi) is 10.2. The topological polar surface area (TPSA) is 142 Å². The second kappa shape index (κ2) is 12.6. The number of anilines is 1. The summed E-state index contributed by atoms with van der Waals surface area (Å²) in [5.41, 5.74) is 7.40. The maximum absolute atomic E-state index is 12.4. The number of amides is 2. The highest BCUT2D eigenvalue weighted by atomic mass is 16.6. The van der Waals surface area contributed by atoms with Gasteiger partial charge in [-0.2, -0.15) is 0 Å². The third-order valence-electron chi connectivity index (χ3n) is 6.12. The Hall–Kier alpha value is -2.58. The molecule has 0 saturated carbocycles. The fourth-order valence-electron chi connectivity index (χ4n) is 4.31. The van der Waals surface area contributed by atoms with E-state index in [1.807, 2.05) is 26.0 Å². The van der Waals surface area contributed by atoms with Crippen LogP contribution in [0.15, 0.2) is 29.8 Å². The number of ether oxygens (including phenoxy) is 1. The number of aromatic hydroxyl groups is 1. The minimum atomic E-state index is -0.877. The number of nitrogens with two attached hydrogens (primary N) is 1. The van der Waals surface area contributed by atoms with Crippen molar-refractivity contribution in [2.45, 2.75) is 84.0 Å². The van der Waals surface area contributed by atoms with Crippen molar-refractivity contribution in [3.63, 3.8) is 0 Å². The zero-order valence-corrected chi connectivity index (χ0v) is 19.8. The lowest BCUT2D eigenvalue weighted by molar-refractivity contribution is -0.118. The van der Waals surface area contributed by atoms with Gasteiger partial charge < -0.3 is 31.1 Å². The largest absolute Gasteiger partial charge is 0.508 e. The van der Waals surface area contributed by atoms with Gasteiger partial charge in [0.15, 0.2) is 0 Å². The lowest BCUT2D eigenvalue weighted by Crippen LogP contribution is -2.26. The number of phenolic OH excluding ortho intramolecular Hbond substituents is 1. The van der Waals surface area contributed by atoms with E-state index < -0.39 is 24.4 Å². The second-order valence-corrected chi connectivity index (χ2v) is 9.37. The molecule has 1 heterocycles. The van der Waals surface area contributed by atoms with Gasteiger partial charge in [0.05, 0.1) is 18.6 Å². The molecule has 2 amide bonds. The van der Waals surface area contributed by atoms with Crippen molar-refractivity contribution in [2.75, 3.05) is 5.32 Å². The summed E-state index contributed by atoms with van der Waals surface area (Å²) in [6.07, 6.45) is 2.35. The Bertz CT molecular complexity index is 840. The number of primary amides is 1. The maximum Gasteiger partial charge on any atom is 0.405 e. The molecule has 0 saturated heterocycles. The highest BCUT2D eigenvalue weighted by Gasteiger charge is 2.20. The van der Waals surface area contributed by atoms with E-state index in [2.05, 4.69) is 12.2 Å². The Morgan fingerprint density at radius 1 is 1.09 bits per heavy atom. The molecule has 1 aliphatic heterocycles. The minimum Gasteiger partial charge on any atom is -0.508 e. The Morgan fingerprint density at radius 2 is 1.82 bits per heavy atom. The number of phenols is 1. The molecular formula is C25H38N2O6. The molecule has 0 fully saturated rings. The normalized spacial score (nSPS) is 30.0. The third-order valence-corrected chi connectivity index (χ3v) is 6.12. The number of nitrogens with one attached hydrogen (secondary N) is 1. The van der Waals surface area contributed by atoms with E-state index in [4.69, 9.17) is 10.5 Å². The molecule has 8 nitrogen and oxygen atoms in total. The fourth-order valence-corrected chi connectivity index (χ4v) is 4.31. The van der Waals surface area contributed by atoms with Gasteiger partial charge in [-0.15, -0.1) is 0 Å². The van der Waals surface area contributed by atoms with Crippen LogP contribution in [0.4, 0.5) is 10.5 Å². The number of aliphatic hydroxyl groups is 2. The van der Waals surface area contributed by atoms with Gasteiger partial charge in [0.1, 0.15) is 11.9 Å². The molecule has 1 aliphatic rings. The van der Waals surface area contributed by atoms with Gasteiger partial charge in [-0.25, -0.2) is 4.79 Å². The minimum absolute atomic E-state index is 0.0659. The summed E-state index contributed by atoms with van der Waals surface area (Å²) in [5.74, 6) is -0.172. The number of hydrogen-bond donors (Lipinski definition) is 5. The van der Waals surface area contributed by atoms with Crippen LogP contribution in [0.3, 0.4) is 0 Å². The first-order valence-corrected chi connectivity index (χ1v) is 11.7. The predicted molar refractivity (Wildman–Crippen MR) is 127 cm³/mol. The fraction of sp³-hybridized carbons (Fsp3) is 0.600. The second-order valence-electron chi connectivity index (χ2n) is 9.37. The molecule has 2 bridgehead atoms. The number of hydrogen-bond acceptors (Lipinski definition) is 6. The van der Waals surface area contributed by atoms with E-state index in [1.165, 1.54) is 6.07 Å². The van der Waals surface area contributed by atoms with Gasteiger partial charge in [-0.05, 0) is 74.6 Å². The van der Waals surface area contributed by atoms with E-state index in [0.29, 0.717) is 37.8 Å². The van der Waals surface area contributed by atoms with Gasteiger partial charge in [-0.3, -0.25) is 4.79 Å². The maximum atomic E-state index is 12.4. The van der Waals surface area contributed by atoms with Crippen LogP contribution < -0.4 is 11.1 Å². The van der Waals surface area contributed by atoms with Crippen molar-refractivity contribution in [1.29, 1.82) is 0 Å². The first-order valence-electron chi connectivity index (χ1n) is 11.7. The number of aliphatic hydroxyl groups excluding tert-OH is 2. The smallest absolute Gasteiger partial charge is 0.405 e. The molecule has 5 atom stereocenters. The van der Waals surface area contributed by atoms with Crippen molar-refractivity contribution in [2.24, 2.45) is 17.6 Å². The quantitative estimate of drug-likeness (QED) is 0.403. The van der Waals surface area contributed by atoms with Crippen LogP contribution in [-0.4, -0.2) is 45.6 Å². The monoisotopic (exact) mass is 462 g/mol. The standard InChI is InChI=1S/C25H38N2O6/c1-15-7-8-22(30)16(2)10-17(3)23(33-25(26)32)6-4-5-20(28)14-24(31)27-19-11-18(9-15)12-21(29)13-19/h10-13,15-16,20,22-23,28-30H,4-9,14H2,1-3H3,(H2,26,32)(H,27,31)/b17-10+/t15?,16?,20?,22?,23-/m1/s1. The Balaban J connectivity index is 2.23. The number of benzene rings is 1. The van der Waals surface area contributed by atoms with Crippen LogP contribution in [0, 0.1) is 11.8 Å². The highest BCUT2D eigenvalue weighted by molar-refractivity contribution is 5.91. The molecule has 1 aromatic rings. The van der Waals surface area contributed by atoms with Crippen LogP contribution in [0.25, 0.3) is 0 Å². The molecule has 0 aromatic heterocycles. The van der Waals surface area contributed by atoms with E-state index in [-0.39, 0.29) is 29.9 Å². The first kappa shape index (κ1) is 26.7. The first-order chi connectivity index (χ1) is 15.5. The number of carbonyl (C=O) groups is 2. The van der Waals surface area contributed by atoms with Crippen molar-refractivity contribution >= 4 is 17.7 Å². The van der Waals surface area contributed by atoms with Crippen molar-refractivity contribution in [3.05, 3.63) is 35.4 Å². The average molecular weight is 463 g/mol. The van der Waals surface area contributed by atoms with Gasteiger partial charge in [0.25, 0.3) is 0 Å². The summed E-state index contributed by atoms with van der Waals surface area (Å²) in [7, 11) is 0. The van der Waals surface area contributed by atoms with Crippen LogP contribution in [0.2, 0.25) is 0 Å². The molecule has 2 rings (SSSR count). The number of rotatable bonds is 1. The summed E-state index contributed by atoms with van der Waals surface area (Å²) in [6, 6.07) is 4.98. The van der Waals surface area contributed by atoms with Crippen LogP contribution in [-0.2, 0) is 16.0 Å². The summed E-state index contributed by atoms with van der Waals surface area (Å²) in [6.45, 7) is 5.84. The number of carbonyl (C=O) groups excluding carboxylic acids is 2. The van der Waals surface area contributed by atoms with Gasteiger partial charge in [0, 0.05) is 17.7 Å². The highest BCUT2D eigenvalue weighted by Crippen LogP contribution is 2.26. The molecule has 184 valence electrons. The van der Waals surface area contributed by atoms with E-state index >= 15 is 0 Å². The summed E-state index contributed by atoms with van der Waals surface area (Å²) >= 11 is 0. The molecule has 4 unspecified atom stereocenters. The molecule has 0 aliphatic carbocycles. The van der Waals surface area contributed by atoms with Crippen LogP contribution >= 0.6 is 0 Å². The van der Waals surface area contributed by atoms with Crippen molar-refractivity contribution in [3.8, 4) is 5.75 Å². The van der Waals surface area contributed by atoms with E-state index in [0.717, 1.165) is 17.6 Å². The van der Waals surface area contributed by atoms with Crippen LogP contribution in [0.1, 0.15) is 64.9 Å². The molecule has 6 N–H and O–H groups in total. The lowest BCUT2D eigenvalue weighted by atomic mass is 9.90. The molecular weight excluding hydrogens is 424 g/mol. The summed E-state index contributed by atoms with van der Waals surface area (Å²) < 4.78 is 5.26. The van der Waals surface area contributed by atoms with Gasteiger partial charge in [0.2, 0.25) is 5.91 Å². The zero-order valence-electron chi connectivity index (χ0n) is 19.8. The summed E-state index contributed by atoms with van der Waals surface area (Å²) in [5, 5.41) is 33.8. The molecule has 1 aromatic carbocycles. The third kappa shape index (κ3) is 9.43. The molecule has 0 radical (unpaired) electrons. The van der Waals surface area contributed by atoms with Crippen molar-refractivity contribution in [1.82, 2.24) is 0 Å². The SMILES string of the molecule is C/C1=C\C(C)C(O)CCC(C)Cc2cc(O)cc(c2)NC(=O)CC(O)CCC[C@H]1OC(N)=O.